The van der Waals surface area contributed by atoms with Crippen LogP contribution in [0.5, 0.6) is 0 Å². The van der Waals surface area contributed by atoms with Crippen LogP contribution in [0.15, 0.2) is 0 Å². The van der Waals surface area contributed by atoms with Crippen LogP contribution in [0.4, 0.5) is 0 Å². The lowest BCUT2D eigenvalue weighted by atomic mass is 10.5. The van der Waals surface area contributed by atoms with E-state index in [1.54, 1.807) is 6.07 Å². The van der Waals surface area contributed by atoms with Crippen molar-refractivity contribution in [1.82, 2.24) is 0 Å². The summed E-state index contributed by atoms with van der Waals surface area (Å²) < 4.78 is 20.7. The molecule has 4 heteroatoms. The molecule has 1 atom stereocenters. The molecular formula is C4H7NO2S. The van der Waals surface area contributed by atoms with Gasteiger partial charge in [0.2, 0.25) is 0 Å². The van der Waals surface area contributed by atoms with E-state index in [1.807, 2.05) is 0 Å². The molecule has 0 heterocycles. The molecule has 46 valence electrons. The third-order valence-electron chi connectivity index (χ3n) is 0.824. The van der Waals surface area contributed by atoms with Crippen molar-refractivity contribution in [2.24, 2.45) is 0 Å². The largest absolute Gasteiger partial charge is 0.228 e. The van der Waals surface area contributed by atoms with Gasteiger partial charge in [0.05, 0.1) is 6.07 Å². The minimum Gasteiger partial charge on any atom is -0.228 e. The first-order valence-electron chi connectivity index (χ1n) is 2.07. The molecule has 0 bridgehead atoms. The van der Waals surface area contributed by atoms with Crippen molar-refractivity contribution in [3.8, 4) is 6.07 Å². The maximum absolute atomic E-state index is 10.3. The van der Waals surface area contributed by atoms with Crippen molar-refractivity contribution in [2.45, 2.75) is 12.2 Å². The Kier molecular flexibility index (Phi) is 1.99. The zero-order chi connectivity index (χ0) is 6.78. The molecular weight excluding hydrogens is 126 g/mol. The van der Waals surface area contributed by atoms with Crippen molar-refractivity contribution in [2.75, 3.05) is 6.26 Å². The van der Waals surface area contributed by atoms with Gasteiger partial charge in [-0.1, -0.05) is 0 Å². The number of rotatable bonds is 1. The lowest BCUT2D eigenvalue weighted by molar-refractivity contribution is 0.598. The van der Waals surface area contributed by atoms with Crippen molar-refractivity contribution in [1.29, 1.82) is 5.26 Å². The van der Waals surface area contributed by atoms with Crippen LogP contribution in [-0.4, -0.2) is 19.9 Å². The summed E-state index contributed by atoms with van der Waals surface area (Å²) in [7, 11) is -3.11. The van der Waals surface area contributed by atoms with Crippen LogP contribution >= 0.6 is 0 Å². The van der Waals surface area contributed by atoms with Crippen LogP contribution in [0.25, 0.3) is 0 Å². The van der Waals surface area contributed by atoms with Crippen LogP contribution in [0.3, 0.4) is 0 Å². The summed E-state index contributed by atoms with van der Waals surface area (Å²) in [6, 6.07) is 1.62. The van der Waals surface area contributed by atoms with E-state index in [2.05, 4.69) is 0 Å². The number of nitrogens with zero attached hydrogens (tertiary/aromatic N) is 1. The average molecular weight is 133 g/mol. The fourth-order valence-corrected chi connectivity index (χ4v) is 0.287. The molecule has 0 radical (unpaired) electrons. The minimum absolute atomic E-state index is 0.873. The summed E-state index contributed by atoms with van der Waals surface area (Å²) >= 11 is 0. The molecule has 1 unspecified atom stereocenters. The van der Waals surface area contributed by atoms with Gasteiger partial charge in [-0.15, -0.1) is 0 Å². The maximum atomic E-state index is 10.3. The molecule has 0 rings (SSSR count). The fraction of sp³-hybridized carbons (Fsp3) is 0.750. The molecule has 0 aliphatic carbocycles. The number of sulfone groups is 1. The van der Waals surface area contributed by atoms with Crippen LogP contribution in [0, 0.1) is 11.3 Å². The predicted molar refractivity (Wildman–Crippen MR) is 29.9 cm³/mol. The Bertz CT molecular complexity index is 199. The third kappa shape index (κ3) is 1.94. The van der Waals surface area contributed by atoms with Crippen molar-refractivity contribution < 1.29 is 8.42 Å². The van der Waals surface area contributed by atoms with Gasteiger partial charge in [-0.2, -0.15) is 5.26 Å². The van der Waals surface area contributed by atoms with E-state index in [0.717, 1.165) is 6.26 Å². The maximum Gasteiger partial charge on any atom is 0.163 e. The summed E-state index contributed by atoms with van der Waals surface area (Å²) in [5.74, 6) is 0. The molecule has 0 spiro atoms. The van der Waals surface area contributed by atoms with E-state index in [0.29, 0.717) is 0 Å². The molecule has 0 saturated heterocycles. The Morgan fingerprint density at radius 2 is 2.00 bits per heavy atom. The molecule has 8 heavy (non-hydrogen) atoms. The molecule has 3 nitrogen and oxygen atoms in total. The lowest BCUT2D eigenvalue weighted by Gasteiger charge is -1.93. The second kappa shape index (κ2) is 2.14. The monoisotopic (exact) mass is 133 g/mol. The fourth-order valence-electron chi connectivity index (χ4n) is 0.0957. The summed E-state index contributed by atoms with van der Waals surface area (Å²) in [5, 5.41) is 7.17. The van der Waals surface area contributed by atoms with Crippen LogP contribution in [0.1, 0.15) is 6.92 Å². The second-order valence-corrected chi connectivity index (χ2v) is 3.97. The van der Waals surface area contributed by atoms with Gasteiger partial charge in [0.15, 0.2) is 9.84 Å². The quantitative estimate of drug-likeness (QED) is 0.503. The zero-order valence-electron chi connectivity index (χ0n) is 4.75. The van der Waals surface area contributed by atoms with Gasteiger partial charge < -0.3 is 0 Å². The Hall–Kier alpha value is -0.560. The summed E-state index contributed by atoms with van der Waals surface area (Å²) in [6.07, 6.45) is 1.04. The molecule has 0 saturated carbocycles. The van der Waals surface area contributed by atoms with E-state index < -0.39 is 15.1 Å². The van der Waals surface area contributed by atoms with Crippen molar-refractivity contribution in [3.05, 3.63) is 0 Å². The Morgan fingerprint density at radius 3 is 2.00 bits per heavy atom. The molecule has 0 fully saturated rings. The first kappa shape index (κ1) is 7.44. The molecule has 0 amide bonds. The molecule has 0 aliphatic rings. The molecule has 0 aliphatic heterocycles. The SMILES string of the molecule is CC(C#N)S(C)(=O)=O. The van der Waals surface area contributed by atoms with Crippen molar-refractivity contribution >= 4 is 9.84 Å². The van der Waals surface area contributed by atoms with Gasteiger partial charge in [-0.05, 0) is 6.92 Å². The Balaban J connectivity index is 4.34. The third-order valence-corrected chi connectivity index (χ3v) is 2.21. The van der Waals surface area contributed by atoms with Gasteiger partial charge in [-0.25, -0.2) is 8.42 Å². The van der Waals surface area contributed by atoms with Gasteiger partial charge in [0.25, 0.3) is 0 Å². The Morgan fingerprint density at radius 1 is 1.62 bits per heavy atom. The van der Waals surface area contributed by atoms with Crippen LogP contribution in [0.2, 0.25) is 0 Å². The zero-order valence-corrected chi connectivity index (χ0v) is 5.57. The van der Waals surface area contributed by atoms with Gasteiger partial charge >= 0.3 is 0 Å². The predicted octanol–water partition coefficient (Wildman–Crippen LogP) is -0.0569. The normalized spacial score (nSPS) is 14.6. The van der Waals surface area contributed by atoms with Crippen LogP contribution < -0.4 is 0 Å². The molecule has 0 aromatic heterocycles. The Labute approximate surface area is 48.9 Å². The van der Waals surface area contributed by atoms with Gasteiger partial charge in [0, 0.05) is 6.26 Å². The molecule has 0 aromatic rings. The van der Waals surface area contributed by atoms with Gasteiger partial charge in [-0.3, -0.25) is 0 Å². The highest BCUT2D eigenvalue weighted by atomic mass is 32.2. The topological polar surface area (TPSA) is 57.9 Å². The van der Waals surface area contributed by atoms with E-state index in [4.69, 9.17) is 5.26 Å². The standard InChI is InChI=1S/C4H7NO2S/c1-4(3-5)8(2,6)7/h4H,1-2H3. The highest BCUT2D eigenvalue weighted by Crippen LogP contribution is 1.92. The smallest absolute Gasteiger partial charge is 0.163 e. The first-order chi connectivity index (χ1) is 3.48. The summed E-state index contributed by atoms with van der Waals surface area (Å²) in [4.78, 5) is 0. The van der Waals surface area contributed by atoms with E-state index in [9.17, 15) is 8.42 Å². The highest BCUT2D eigenvalue weighted by molar-refractivity contribution is 7.91. The van der Waals surface area contributed by atoms with E-state index in [1.165, 1.54) is 6.92 Å². The van der Waals surface area contributed by atoms with E-state index in [-0.39, 0.29) is 0 Å². The summed E-state index contributed by atoms with van der Waals surface area (Å²) in [5.41, 5.74) is 0. The summed E-state index contributed by atoms with van der Waals surface area (Å²) in [6.45, 7) is 1.36. The van der Waals surface area contributed by atoms with Gasteiger partial charge in [0.1, 0.15) is 5.25 Å². The minimum atomic E-state index is -3.11. The van der Waals surface area contributed by atoms with Crippen molar-refractivity contribution in [3.63, 3.8) is 0 Å². The highest BCUT2D eigenvalue weighted by Gasteiger charge is 2.11. The van der Waals surface area contributed by atoms with Crippen LogP contribution in [-0.2, 0) is 9.84 Å². The molecule has 0 aromatic carbocycles. The number of nitriles is 1. The number of hydrogen-bond donors (Lipinski definition) is 0. The van der Waals surface area contributed by atoms with E-state index >= 15 is 0 Å². The first-order valence-corrected chi connectivity index (χ1v) is 4.02. The second-order valence-electron chi connectivity index (χ2n) is 1.60. The number of hydrogen-bond acceptors (Lipinski definition) is 3. The molecule has 0 N–H and O–H groups in total. The lowest BCUT2D eigenvalue weighted by Crippen LogP contribution is -2.12. The average Bonchev–Trinajstić information content (AvgIpc) is 1.62.